The number of rotatable bonds is 1. The van der Waals surface area contributed by atoms with Crippen LogP contribution in [0.15, 0.2) is 24.3 Å². The van der Waals surface area contributed by atoms with Crippen LogP contribution in [-0.4, -0.2) is 60.3 Å². The highest BCUT2D eigenvalue weighted by atomic mass is 16.5. The molecule has 2 aliphatic carbocycles. The van der Waals surface area contributed by atoms with E-state index in [0.717, 1.165) is 45.4 Å². The summed E-state index contributed by atoms with van der Waals surface area (Å²) in [4.78, 5) is 30.2. The SMILES string of the molecule is CN1CCCN(C(=O)C2C3CCC4(CC(=O)c5ccccc5O4)C32)CC1. The highest BCUT2D eigenvalue weighted by Gasteiger charge is 2.71. The van der Waals surface area contributed by atoms with Gasteiger partial charge in [-0.2, -0.15) is 0 Å². The van der Waals surface area contributed by atoms with Crippen molar-refractivity contribution in [1.29, 1.82) is 0 Å². The molecule has 2 aliphatic heterocycles. The van der Waals surface area contributed by atoms with E-state index in [4.69, 9.17) is 4.74 Å². The zero-order chi connectivity index (χ0) is 17.9. The Kier molecular flexibility index (Phi) is 3.64. The molecule has 4 aliphatic rings. The van der Waals surface area contributed by atoms with Gasteiger partial charge < -0.3 is 14.5 Å². The molecule has 5 rings (SSSR count). The Morgan fingerprint density at radius 1 is 1.19 bits per heavy atom. The normalized spacial score (nSPS) is 36.3. The summed E-state index contributed by atoms with van der Waals surface area (Å²) in [6.07, 6.45) is 3.37. The largest absolute Gasteiger partial charge is 0.486 e. The van der Waals surface area contributed by atoms with Gasteiger partial charge in [0, 0.05) is 31.5 Å². The van der Waals surface area contributed by atoms with Crippen molar-refractivity contribution < 1.29 is 14.3 Å². The molecule has 0 radical (unpaired) electrons. The number of carbonyl (C=O) groups excluding carboxylic acids is 2. The van der Waals surface area contributed by atoms with Crippen molar-refractivity contribution in [1.82, 2.24) is 9.80 Å². The first-order chi connectivity index (χ1) is 12.6. The molecule has 0 bridgehead atoms. The fourth-order valence-corrected chi connectivity index (χ4v) is 5.58. The maximum Gasteiger partial charge on any atom is 0.226 e. The second-order valence-corrected chi connectivity index (χ2v) is 8.50. The highest BCUT2D eigenvalue weighted by molar-refractivity contribution is 6.00. The zero-order valence-electron chi connectivity index (χ0n) is 15.3. The average molecular weight is 354 g/mol. The molecule has 1 saturated heterocycles. The molecule has 26 heavy (non-hydrogen) atoms. The fraction of sp³-hybridized carbons (Fsp3) is 0.619. The fourth-order valence-electron chi connectivity index (χ4n) is 5.58. The van der Waals surface area contributed by atoms with E-state index >= 15 is 0 Å². The van der Waals surface area contributed by atoms with Gasteiger partial charge in [-0.3, -0.25) is 9.59 Å². The lowest BCUT2D eigenvalue weighted by molar-refractivity contribution is -0.134. The van der Waals surface area contributed by atoms with Crippen molar-refractivity contribution in [3.63, 3.8) is 0 Å². The molecule has 5 heteroatoms. The Bertz CT molecular complexity index is 763. The third-order valence-corrected chi connectivity index (χ3v) is 6.95. The smallest absolute Gasteiger partial charge is 0.226 e. The van der Waals surface area contributed by atoms with Gasteiger partial charge in [0.25, 0.3) is 0 Å². The van der Waals surface area contributed by atoms with E-state index in [1.54, 1.807) is 0 Å². The average Bonchev–Trinajstić information content (AvgIpc) is 3.33. The molecule has 5 nitrogen and oxygen atoms in total. The predicted octanol–water partition coefficient (Wildman–Crippen LogP) is 2.21. The van der Waals surface area contributed by atoms with Gasteiger partial charge in [-0.15, -0.1) is 0 Å². The van der Waals surface area contributed by atoms with Crippen LogP contribution in [0, 0.1) is 17.8 Å². The lowest BCUT2D eigenvalue weighted by atomic mass is 9.84. The first-order valence-corrected chi connectivity index (χ1v) is 9.88. The third-order valence-electron chi connectivity index (χ3n) is 6.95. The number of para-hydroxylation sites is 1. The monoisotopic (exact) mass is 354 g/mol. The molecule has 2 heterocycles. The zero-order valence-corrected chi connectivity index (χ0v) is 15.3. The number of fused-ring (bicyclic) bond motifs is 3. The Morgan fingerprint density at radius 3 is 2.92 bits per heavy atom. The Hall–Kier alpha value is -1.88. The molecule has 1 spiro atoms. The number of Topliss-reactive ketones (excluding diaryl/α,β-unsaturated/α-hetero) is 1. The van der Waals surface area contributed by atoms with E-state index in [2.05, 4.69) is 16.8 Å². The van der Waals surface area contributed by atoms with Crippen LogP contribution in [-0.2, 0) is 4.79 Å². The summed E-state index contributed by atoms with van der Waals surface area (Å²) in [5.41, 5.74) is 0.250. The van der Waals surface area contributed by atoms with Crippen LogP contribution in [0.4, 0.5) is 0 Å². The summed E-state index contributed by atoms with van der Waals surface area (Å²) in [6, 6.07) is 7.54. The quantitative estimate of drug-likeness (QED) is 0.776. The van der Waals surface area contributed by atoms with Gasteiger partial charge in [0.1, 0.15) is 11.4 Å². The molecular weight excluding hydrogens is 328 g/mol. The van der Waals surface area contributed by atoms with E-state index < -0.39 is 5.60 Å². The van der Waals surface area contributed by atoms with Crippen LogP contribution in [0.2, 0.25) is 0 Å². The molecule has 0 aromatic heterocycles. The van der Waals surface area contributed by atoms with Crippen molar-refractivity contribution in [3.8, 4) is 5.75 Å². The summed E-state index contributed by atoms with van der Waals surface area (Å²) in [5, 5.41) is 0. The number of hydrogen-bond acceptors (Lipinski definition) is 4. The molecule has 138 valence electrons. The minimum absolute atomic E-state index is 0.0604. The second-order valence-electron chi connectivity index (χ2n) is 8.50. The van der Waals surface area contributed by atoms with Crippen molar-refractivity contribution in [2.45, 2.75) is 31.3 Å². The number of ketones is 1. The summed E-state index contributed by atoms with van der Waals surface area (Å²) in [7, 11) is 2.12. The Labute approximate surface area is 154 Å². The number of amides is 1. The molecule has 1 aromatic rings. The first-order valence-electron chi connectivity index (χ1n) is 9.88. The Balaban J connectivity index is 1.35. The molecular formula is C21H26N2O3. The lowest BCUT2D eigenvalue weighted by Gasteiger charge is -2.37. The van der Waals surface area contributed by atoms with Crippen LogP contribution >= 0.6 is 0 Å². The first kappa shape index (κ1) is 16.3. The lowest BCUT2D eigenvalue weighted by Crippen LogP contribution is -2.45. The van der Waals surface area contributed by atoms with Crippen LogP contribution in [0.1, 0.15) is 36.0 Å². The maximum absolute atomic E-state index is 13.2. The standard InChI is InChI=1S/C21H26N2O3/c1-22-9-4-10-23(12-11-22)20(25)18-15-7-8-21(19(15)18)13-16(24)14-5-2-3-6-17(14)26-21/h2-3,5-6,15,18-19H,4,7-13H2,1H3. The molecule has 1 amide bonds. The summed E-state index contributed by atoms with van der Waals surface area (Å²) in [6.45, 7) is 3.68. The molecule has 3 fully saturated rings. The number of nitrogens with zero attached hydrogens (tertiary/aromatic N) is 2. The van der Waals surface area contributed by atoms with Gasteiger partial charge in [0.15, 0.2) is 5.78 Å². The molecule has 1 aromatic carbocycles. The van der Waals surface area contributed by atoms with Crippen molar-refractivity contribution in [2.75, 3.05) is 33.2 Å². The number of benzene rings is 1. The van der Waals surface area contributed by atoms with Gasteiger partial charge in [-0.1, -0.05) is 12.1 Å². The Morgan fingerprint density at radius 2 is 2.04 bits per heavy atom. The molecule has 4 atom stereocenters. The summed E-state index contributed by atoms with van der Waals surface area (Å²) >= 11 is 0. The summed E-state index contributed by atoms with van der Waals surface area (Å²) < 4.78 is 6.41. The topological polar surface area (TPSA) is 49.9 Å². The predicted molar refractivity (Wildman–Crippen MR) is 97.1 cm³/mol. The van der Waals surface area contributed by atoms with Crippen molar-refractivity contribution in [2.24, 2.45) is 17.8 Å². The number of hydrogen-bond donors (Lipinski definition) is 0. The molecule has 4 unspecified atom stereocenters. The van der Waals surface area contributed by atoms with Crippen molar-refractivity contribution >= 4 is 11.7 Å². The van der Waals surface area contributed by atoms with E-state index in [9.17, 15) is 9.59 Å². The van der Waals surface area contributed by atoms with Crippen LogP contribution < -0.4 is 4.74 Å². The number of likely N-dealkylation sites (N-methyl/N-ethyl adjacent to an activating group) is 1. The van der Waals surface area contributed by atoms with E-state index in [1.807, 2.05) is 24.3 Å². The van der Waals surface area contributed by atoms with E-state index in [0.29, 0.717) is 29.6 Å². The molecule has 2 saturated carbocycles. The molecule has 0 N–H and O–H groups in total. The van der Waals surface area contributed by atoms with E-state index in [-0.39, 0.29) is 17.6 Å². The highest BCUT2D eigenvalue weighted by Crippen LogP contribution is 2.66. The van der Waals surface area contributed by atoms with Gasteiger partial charge in [-0.25, -0.2) is 0 Å². The van der Waals surface area contributed by atoms with E-state index in [1.165, 1.54) is 0 Å². The van der Waals surface area contributed by atoms with Crippen LogP contribution in [0.25, 0.3) is 0 Å². The second kappa shape index (κ2) is 5.81. The van der Waals surface area contributed by atoms with Crippen LogP contribution in [0.5, 0.6) is 5.75 Å². The number of ether oxygens (including phenoxy) is 1. The van der Waals surface area contributed by atoms with Crippen molar-refractivity contribution in [3.05, 3.63) is 29.8 Å². The van der Waals surface area contributed by atoms with Crippen LogP contribution in [0.3, 0.4) is 0 Å². The van der Waals surface area contributed by atoms with Gasteiger partial charge >= 0.3 is 0 Å². The van der Waals surface area contributed by atoms with Gasteiger partial charge in [-0.05, 0) is 50.9 Å². The summed E-state index contributed by atoms with van der Waals surface area (Å²) in [5.74, 6) is 1.85. The third kappa shape index (κ3) is 2.40. The van der Waals surface area contributed by atoms with Gasteiger partial charge in [0.05, 0.1) is 12.0 Å². The van der Waals surface area contributed by atoms with Gasteiger partial charge in [0.2, 0.25) is 5.91 Å². The maximum atomic E-state index is 13.2. The number of carbonyl (C=O) groups is 2. The minimum atomic E-state index is -0.445. The minimum Gasteiger partial charge on any atom is -0.486 e.